The van der Waals surface area contributed by atoms with Crippen LogP contribution in [0.3, 0.4) is 0 Å². The number of hydrogen-bond donors (Lipinski definition) is 1. The Hall–Kier alpha value is -1.84. The highest BCUT2D eigenvalue weighted by Gasteiger charge is 2.21. The lowest BCUT2D eigenvalue weighted by atomic mass is 9.98. The first-order valence-electron chi connectivity index (χ1n) is 5.57. The van der Waals surface area contributed by atoms with Crippen LogP contribution >= 0.6 is 0 Å². The third kappa shape index (κ3) is 1.60. The lowest BCUT2D eigenvalue weighted by Gasteiger charge is -2.30. The monoisotopic (exact) mass is 226 g/mol. The maximum atomic E-state index is 12.0. The molecule has 0 radical (unpaired) electrons. The van der Waals surface area contributed by atoms with Crippen LogP contribution in [0.2, 0.25) is 0 Å². The normalized spacial score (nSPS) is 18.2. The third-order valence-corrected chi connectivity index (χ3v) is 3.16. The van der Waals surface area contributed by atoms with Gasteiger partial charge in [-0.15, -0.1) is 0 Å². The topological polar surface area (TPSA) is 46.5 Å². The van der Waals surface area contributed by atoms with Crippen LogP contribution in [0, 0.1) is 5.21 Å². The molecule has 1 heterocycles. The molecule has 0 fully saturated rings. The Kier molecular flexibility index (Phi) is 2.35. The van der Waals surface area contributed by atoms with Crippen LogP contribution in [0.1, 0.15) is 22.8 Å². The van der Waals surface area contributed by atoms with E-state index in [0.29, 0.717) is 11.3 Å². The molecule has 3 rings (SSSR count). The highest BCUT2D eigenvalue weighted by Crippen LogP contribution is 2.36. The molecule has 2 aromatic rings. The number of aliphatic hydroxyl groups excluding tert-OH is 1. The van der Waals surface area contributed by atoms with Crippen LogP contribution in [0.4, 0.5) is 5.69 Å². The minimum absolute atomic E-state index is 0.282. The molecule has 3 heteroatoms. The van der Waals surface area contributed by atoms with E-state index in [1.54, 1.807) is 12.1 Å². The Morgan fingerprint density at radius 1 is 1.00 bits per heavy atom. The van der Waals surface area contributed by atoms with Crippen molar-refractivity contribution in [2.24, 2.45) is 0 Å². The van der Waals surface area contributed by atoms with Gasteiger partial charge < -0.3 is 15.4 Å². The molecule has 1 aliphatic rings. The molecule has 0 aliphatic carbocycles. The van der Waals surface area contributed by atoms with E-state index in [2.05, 4.69) is 0 Å². The zero-order valence-electron chi connectivity index (χ0n) is 9.21. The molecule has 2 aromatic carbocycles. The zero-order valence-corrected chi connectivity index (χ0v) is 9.21. The smallest absolute Gasteiger partial charge is 0.106 e. The fraction of sp³-hybridized carbons (Fsp3) is 0.143. The van der Waals surface area contributed by atoms with E-state index in [9.17, 15) is 10.3 Å². The Balaban J connectivity index is 2.22. The minimum atomic E-state index is -0.721. The summed E-state index contributed by atoms with van der Waals surface area (Å²) in [6.07, 6.45) is -0.721. The van der Waals surface area contributed by atoms with Crippen LogP contribution in [-0.2, 0) is 6.54 Å². The van der Waals surface area contributed by atoms with Crippen LogP contribution < -0.4 is 5.06 Å². The SMILES string of the molecule is [O-]N1Cc2ccccc2C(O)c2ccccc21. The van der Waals surface area contributed by atoms with Gasteiger partial charge in [-0.2, -0.15) is 0 Å². The van der Waals surface area contributed by atoms with Gasteiger partial charge in [-0.1, -0.05) is 42.5 Å². The number of hydroxylamine groups is 1. The summed E-state index contributed by atoms with van der Waals surface area (Å²) in [5.74, 6) is 0. The highest BCUT2D eigenvalue weighted by molar-refractivity contribution is 5.60. The van der Waals surface area contributed by atoms with E-state index in [4.69, 9.17) is 0 Å². The second kappa shape index (κ2) is 3.87. The van der Waals surface area contributed by atoms with Gasteiger partial charge in [-0.3, -0.25) is 0 Å². The molecule has 1 atom stereocenters. The first-order chi connectivity index (χ1) is 8.27. The Bertz CT molecular complexity index is 553. The van der Waals surface area contributed by atoms with Gasteiger partial charge >= 0.3 is 0 Å². The first-order valence-corrected chi connectivity index (χ1v) is 5.57. The summed E-state index contributed by atoms with van der Waals surface area (Å²) in [6.45, 7) is 0.282. The predicted octanol–water partition coefficient (Wildman–Crippen LogP) is 2.59. The number of aliphatic hydroxyl groups is 1. The van der Waals surface area contributed by atoms with E-state index in [1.165, 1.54) is 0 Å². The minimum Gasteiger partial charge on any atom is -0.758 e. The van der Waals surface area contributed by atoms with Crippen LogP contribution in [0.15, 0.2) is 48.5 Å². The summed E-state index contributed by atoms with van der Waals surface area (Å²) in [4.78, 5) is 0. The van der Waals surface area contributed by atoms with E-state index < -0.39 is 6.10 Å². The third-order valence-electron chi connectivity index (χ3n) is 3.16. The van der Waals surface area contributed by atoms with Gasteiger partial charge in [0.2, 0.25) is 0 Å². The number of rotatable bonds is 0. The van der Waals surface area contributed by atoms with Crippen LogP contribution in [0.5, 0.6) is 0 Å². The summed E-state index contributed by atoms with van der Waals surface area (Å²) in [5, 5.41) is 23.3. The van der Waals surface area contributed by atoms with Gasteiger partial charge in [0.15, 0.2) is 0 Å². The first kappa shape index (κ1) is 10.3. The van der Waals surface area contributed by atoms with Crippen molar-refractivity contribution >= 4 is 5.69 Å². The van der Waals surface area contributed by atoms with Gasteiger partial charge in [-0.05, 0) is 17.2 Å². The van der Waals surface area contributed by atoms with Crippen molar-refractivity contribution in [3.05, 3.63) is 70.4 Å². The fourth-order valence-electron chi connectivity index (χ4n) is 2.30. The fourth-order valence-corrected chi connectivity index (χ4v) is 2.30. The number of anilines is 1. The van der Waals surface area contributed by atoms with Crippen molar-refractivity contribution in [3.8, 4) is 0 Å². The van der Waals surface area contributed by atoms with Gasteiger partial charge in [0.25, 0.3) is 0 Å². The average molecular weight is 226 g/mol. The second-order valence-corrected chi connectivity index (χ2v) is 4.20. The number of fused-ring (bicyclic) bond motifs is 2. The standard InChI is InChI=1S/C14H12NO2/c16-14-11-6-2-1-5-10(11)9-15(17)13-8-4-3-7-12(13)14/h1-8,14,16H,9H2/q-1. The van der Waals surface area contributed by atoms with Crippen molar-refractivity contribution < 1.29 is 5.11 Å². The lowest BCUT2D eigenvalue weighted by molar-refractivity contribution is 0.221. The molecular weight excluding hydrogens is 214 g/mol. The van der Waals surface area contributed by atoms with E-state index in [-0.39, 0.29) is 6.54 Å². The van der Waals surface area contributed by atoms with Gasteiger partial charge in [0, 0.05) is 17.8 Å². The molecule has 0 spiro atoms. The van der Waals surface area contributed by atoms with Crippen LogP contribution in [0.25, 0.3) is 0 Å². The van der Waals surface area contributed by atoms with E-state index in [1.807, 2.05) is 36.4 Å². The van der Waals surface area contributed by atoms with Crippen molar-refractivity contribution in [1.82, 2.24) is 0 Å². The van der Waals surface area contributed by atoms with Gasteiger partial charge in [0.05, 0.1) is 0 Å². The number of nitrogens with zero attached hydrogens (tertiary/aromatic N) is 1. The van der Waals surface area contributed by atoms with Crippen molar-refractivity contribution in [1.29, 1.82) is 0 Å². The zero-order chi connectivity index (χ0) is 11.8. The molecule has 1 N–H and O–H groups in total. The molecule has 1 unspecified atom stereocenters. The predicted molar refractivity (Wildman–Crippen MR) is 66.5 cm³/mol. The Morgan fingerprint density at radius 2 is 1.65 bits per heavy atom. The van der Waals surface area contributed by atoms with Gasteiger partial charge in [0.1, 0.15) is 6.10 Å². The molecule has 17 heavy (non-hydrogen) atoms. The maximum Gasteiger partial charge on any atom is 0.106 e. The second-order valence-electron chi connectivity index (χ2n) is 4.20. The molecule has 3 nitrogen and oxygen atoms in total. The molecule has 0 saturated heterocycles. The molecule has 0 saturated carbocycles. The molecule has 0 bridgehead atoms. The maximum absolute atomic E-state index is 12.0. The average Bonchev–Trinajstić information content (AvgIpc) is 2.48. The molecule has 0 amide bonds. The molecule has 1 aliphatic heterocycles. The highest BCUT2D eigenvalue weighted by atomic mass is 16.5. The summed E-state index contributed by atoms with van der Waals surface area (Å²) in [6, 6.07) is 14.7. The largest absolute Gasteiger partial charge is 0.758 e. The van der Waals surface area contributed by atoms with Gasteiger partial charge in [-0.25, -0.2) is 0 Å². The molecule has 0 aromatic heterocycles. The summed E-state index contributed by atoms with van der Waals surface area (Å²) < 4.78 is 0. The number of hydrogen-bond acceptors (Lipinski definition) is 3. The number of para-hydroxylation sites is 1. The van der Waals surface area contributed by atoms with Crippen molar-refractivity contribution in [2.45, 2.75) is 12.6 Å². The summed E-state index contributed by atoms with van der Waals surface area (Å²) >= 11 is 0. The Labute approximate surface area is 99.5 Å². The van der Waals surface area contributed by atoms with Crippen molar-refractivity contribution in [3.63, 3.8) is 0 Å². The van der Waals surface area contributed by atoms with E-state index in [0.717, 1.165) is 16.2 Å². The molecular formula is C14H12NO2-. The van der Waals surface area contributed by atoms with Crippen molar-refractivity contribution in [2.75, 3.05) is 5.06 Å². The Morgan fingerprint density at radius 3 is 2.47 bits per heavy atom. The summed E-state index contributed by atoms with van der Waals surface area (Å²) in [7, 11) is 0. The van der Waals surface area contributed by atoms with E-state index >= 15 is 0 Å². The molecule has 86 valence electrons. The lowest BCUT2D eigenvalue weighted by Crippen LogP contribution is -2.13. The summed E-state index contributed by atoms with van der Waals surface area (Å²) in [5.41, 5.74) is 2.92. The van der Waals surface area contributed by atoms with Crippen LogP contribution in [-0.4, -0.2) is 5.11 Å². The quantitative estimate of drug-likeness (QED) is 0.751. The number of benzene rings is 2.